The van der Waals surface area contributed by atoms with Crippen LogP contribution in [-0.4, -0.2) is 47.1 Å². The maximum Gasteiger partial charge on any atom is 0.230 e. The van der Waals surface area contributed by atoms with E-state index in [1.54, 1.807) is 12.2 Å². The molecule has 0 amide bonds. The quantitative estimate of drug-likeness (QED) is 0.547. The molecular weight excluding hydrogens is 396 g/mol. The number of carbonyl (C=O) groups excluding carboxylic acids is 3. The molecule has 5 aliphatic rings. The molecule has 4 aliphatic carbocycles. The van der Waals surface area contributed by atoms with Gasteiger partial charge in [0, 0.05) is 16.7 Å². The molecular formula is C25H32O6. The number of aliphatic hydroxyl groups is 1. The average Bonchev–Trinajstić information content (AvgIpc) is 3.20. The first-order valence-corrected chi connectivity index (χ1v) is 11.7. The first-order chi connectivity index (χ1) is 14.7. The molecule has 1 heterocycles. The van der Waals surface area contributed by atoms with E-state index in [1.807, 2.05) is 19.9 Å². The zero-order chi connectivity index (χ0) is 22.2. The second-order valence-corrected chi connectivity index (χ2v) is 10.6. The third kappa shape index (κ3) is 2.58. The molecule has 6 heteroatoms. The van der Waals surface area contributed by atoms with Crippen LogP contribution in [0.3, 0.4) is 0 Å². The van der Waals surface area contributed by atoms with Crippen LogP contribution in [0, 0.1) is 28.6 Å². The number of carbonyl (C=O) groups is 3. The average molecular weight is 429 g/mol. The van der Waals surface area contributed by atoms with Gasteiger partial charge in [0.25, 0.3) is 0 Å². The largest absolute Gasteiger partial charge is 0.393 e. The monoisotopic (exact) mass is 428 g/mol. The van der Waals surface area contributed by atoms with Gasteiger partial charge < -0.3 is 14.6 Å². The van der Waals surface area contributed by atoms with Crippen LogP contribution in [0.4, 0.5) is 0 Å². The van der Waals surface area contributed by atoms with Gasteiger partial charge in [0.05, 0.1) is 12.2 Å². The van der Waals surface area contributed by atoms with E-state index < -0.39 is 35.3 Å². The predicted molar refractivity (Wildman–Crippen MR) is 112 cm³/mol. The van der Waals surface area contributed by atoms with Crippen molar-refractivity contribution in [3.63, 3.8) is 0 Å². The van der Waals surface area contributed by atoms with Gasteiger partial charge in [-0.3, -0.25) is 14.4 Å². The van der Waals surface area contributed by atoms with E-state index in [0.29, 0.717) is 25.5 Å². The van der Waals surface area contributed by atoms with Gasteiger partial charge in [0.2, 0.25) is 5.78 Å². The topological polar surface area (TPSA) is 89.9 Å². The molecule has 0 aromatic rings. The number of Topliss-reactive ketones (excluding diaryl/α,β-unsaturated/α-hetero) is 1. The number of allylic oxidation sites excluding steroid dienone is 4. The number of fused-ring (bicyclic) bond motifs is 7. The van der Waals surface area contributed by atoms with Gasteiger partial charge >= 0.3 is 0 Å². The molecule has 1 saturated heterocycles. The molecule has 168 valence electrons. The van der Waals surface area contributed by atoms with Crippen molar-refractivity contribution >= 4 is 17.9 Å². The predicted octanol–water partition coefficient (Wildman–Crippen LogP) is 2.92. The number of aldehydes is 1. The fourth-order valence-electron chi connectivity index (χ4n) is 8.03. The zero-order valence-electron chi connectivity index (χ0n) is 18.5. The summed E-state index contributed by atoms with van der Waals surface area (Å²) in [6.45, 7) is 6.17. The van der Waals surface area contributed by atoms with E-state index in [0.717, 1.165) is 24.8 Å². The molecule has 0 bridgehead atoms. The van der Waals surface area contributed by atoms with Crippen LogP contribution in [0.2, 0.25) is 0 Å². The van der Waals surface area contributed by atoms with Crippen LogP contribution in [0.25, 0.3) is 0 Å². The van der Waals surface area contributed by atoms with Crippen LogP contribution in [-0.2, 0) is 23.9 Å². The Morgan fingerprint density at radius 3 is 2.84 bits per heavy atom. The Hall–Kier alpha value is -1.63. The van der Waals surface area contributed by atoms with Gasteiger partial charge in [-0.15, -0.1) is 0 Å². The molecule has 6 nitrogen and oxygen atoms in total. The molecule has 4 fully saturated rings. The summed E-state index contributed by atoms with van der Waals surface area (Å²) in [7, 11) is 0. The molecule has 1 N–H and O–H groups in total. The zero-order valence-corrected chi connectivity index (χ0v) is 18.5. The first kappa shape index (κ1) is 21.2. The van der Waals surface area contributed by atoms with Crippen molar-refractivity contribution in [2.24, 2.45) is 28.6 Å². The number of hydrogen-bond donors (Lipinski definition) is 1. The lowest BCUT2D eigenvalue weighted by Gasteiger charge is -2.59. The second kappa shape index (κ2) is 6.93. The maximum absolute atomic E-state index is 13.1. The van der Waals surface area contributed by atoms with E-state index in [-0.39, 0.29) is 29.0 Å². The van der Waals surface area contributed by atoms with E-state index in [1.165, 1.54) is 0 Å². The molecule has 1 aliphatic heterocycles. The molecule has 5 rings (SSSR count). The second-order valence-electron chi connectivity index (χ2n) is 10.6. The molecule has 4 unspecified atom stereocenters. The molecule has 9 atom stereocenters. The molecule has 0 aromatic heterocycles. The Balaban J connectivity index is 1.56. The van der Waals surface area contributed by atoms with E-state index >= 15 is 0 Å². The van der Waals surface area contributed by atoms with Crippen molar-refractivity contribution in [1.29, 1.82) is 0 Å². The molecule has 0 spiro atoms. The highest BCUT2D eigenvalue weighted by Gasteiger charge is 2.75. The summed E-state index contributed by atoms with van der Waals surface area (Å²) in [6, 6.07) is 0. The van der Waals surface area contributed by atoms with Crippen molar-refractivity contribution in [3.8, 4) is 0 Å². The summed E-state index contributed by atoms with van der Waals surface area (Å²) in [5, 5.41) is 11.5. The highest BCUT2D eigenvalue weighted by molar-refractivity contribution is 6.29. The molecule has 3 saturated carbocycles. The maximum atomic E-state index is 13.1. The number of hydrogen-bond acceptors (Lipinski definition) is 6. The number of ether oxygens (including phenoxy) is 2. The summed E-state index contributed by atoms with van der Waals surface area (Å²) in [6.07, 6.45) is 8.30. The smallest absolute Gasteiger partial charge is 0.230 e. The Morgan fingerprint density at radius 1 is 1.35 bits per heavy atom. The third-order valence-electron chi connectivity index (χ3n) is 9.29. The van der Waals surface area contributed by atoms with Crippen molar-refractivity contribution in [2.75, 3.05) is 0 Å². The number of rotatable bonds is 4. The van der Waals surface area contributed by atoms with Gasteiger partial charge in [-0.05, 0) is 56.1 Å². The Morgan fingerprint density at radius 2 is 2.13 bits per heavy atom. The van der Waals surface area contributed by atoms with Crippen molar-refractivity contribution in [1.82, 2.24) is 0 Å². The van der Waals surface area contributed by atoms with Crippen LogP contribution >= 0.6 is 0 Å². The standard InChI is InChI=1S/C25H32O6/c1-4-5-21-30-20-11-17-16-7-6-14-10-15(27)8-9-23(14,2)22(16)18(28)12-24(17,3)25(20,31-21)19(29)13-26/h8-10,13,16-18,20-22,28H,4-7,11-12H2,1-3H3/t16?,17?,18-,20+,21?,22?,23-,24-,25+/m0/s1. The molecule has 0 aromatic carbocycles. The Kier molecular flexibility index (Phi) is 4.75. The third-order valence-corrected chi connectivity index (χ3v) is 9.29. The Bertz CT molecular complexity index is 890. The van der Waals surface area contributed by atoms with Crippen LogP contribution in [0.5, 0.6) is 0 Å². The summed E-state index contributed by atoms with van der Waals surface area (Å²) in [5.74, 6) is -0.328. The van der Waals surface area contributed by atoms with Crippen molar-refractivity contribution < 1.29 is 29.0 Å². The first-order valence-electron chi connectivity index (χ1n) is 11.7. The van der Waals surface area contributed by atoms with Crippen LogP contribution < -0.4 is 0 Å². The lowest BCUT2D eigenvalue weighted by atomic mass is 9.46. The summed E-state index contributed by atoms with van der Waals surface area (Å²) in [5.41, 5.74) is -1.27. The van der Waals surface area contributed by atoms with Crippen molar-refractivity contribution in [2.45, 2.75) is 83.4 Å². The fourth-order valence-corrected chi connectivity index (χ4v) is 8.03. The summed E-state index contributed by atoms with van der Waals surface area (Å²) < 4.78 is 12.5. The minimum absolute atomic E-state index is 0.00996. The number of aliphatic hydroxyl groups excluding tert-OH is 1. The highest BCUT2D eigenvalue weighted by Crippen LogP contribution is 2.69. The van der Waals surface area contributed by atoms with Gasteiger partial charge in [-0.2, -0.15) is 0 Å². The summed E-state index contributed by atoms with van der Waals surface area (Å²) >= 11 is 0. The summed E-state index contributed by atoms with van der Waals surface area (Å²) in [4.78, 5) is 36.8. The SMILES string of the molecule is CCCC1O[C@@H]2CC3C4CCC5=CC(=O)C=C[C@]5(C)C4[C@@H](O)C[C@]3(C)[C@]2(C(=O)C=O)O1. The van der Waals surface area contributed by atoms with Gasteiger partial charge in [0.15, 0.2) is 24.0 Å². The normalized spacial score (nSPS) is 50.2. The number of ketones is 2. The van der Waals surface area contributed by atoms with Crippen LogP contribution in [0.1, 0.15) is 59.3 Å². The van der Waals surface area contributed by atoms with Gasteiger partial charge in [-0.25, -0.2) is 0 Å². The Labute approximate surface area is 183 Å². The lowest BCUT2D eigenvalue weighted by Crippen LogP contribution is -2.63. The minimum Gasteiger partial charge on any atom is -0.393 e. The van der Waals surface area contributed by atoms with Gasteiger partial charge in [0.1, 0.15) is 0 Å². The van der Waals surface area contributed by atoms with E-state index in [2.05, 4.69) is 6.92 Å². The fraction of sp³-hybridized carbons (Fsp3) is 0.720. The lowest BCUT2D eigenvalue weighted by molar-refractivity contribution is -0.198. The van der Waals surface area contributed by atoms with E-state index in [4.69, 9.17) is 9.47 Å². The molecule has 31 heavy (non-hydrogen) atoms. The van der Waals surface area contributed by atoms with Gasteiger partial charge in [-0.1, -0.05) is 38.8 Å². The molecule has 0 radical (unpaired) electrons. The van der Waals surface area contributed by atoms with E-state index in [9.17, 15) is 19.5 Å². The minimum atomic E-state index is -1.32. The van der Waals surface area contributed by atoms with Crippen LogP contribution in [0.15, 0.2) is 23.8 Å². The van der Waals surface area contributed by atoms with Crippen molar-refractivity contribution in [3.05, 3.63) is 23.8 Å². The highest BCUT2D eigenvalue weighted by atomic mass is 16.7.